The minimum Gasteiger partial charge on any atom is -0.320 e. The van der Waals surface area contributed by atoms with E-state index in [2.05, 4.69) is 5.90 Å². The van der Waals surface area contributed by atoms with Crippen LogP contribution in [0.1, 0.15) is 0 Å². The van der Waals surface area contributed by atoms with E-state index >= 15 is 0 Å². The van der Waals surface area contributed by atoms with Crippen molar-refractivity contribution >= 4 is 58.7 Å². The predicted molar refractivity (Wildman–Crippen MR) is 144 cm³/mol. The molecule has 0 aliphatic rings. The molecule has 4 rings (SSSR count). The van der Waals surface area contributed by atoms with E-state index in [1.807, 2.05) is 72.8 Å². The summed E-state index contributed by atoms with van der Waals surface area (Å²) in [6.45, 7) is -2.93. The Labute approximate surface area is 210 Å². The van der Waals surface area contributed by atoms with Crippen LogP contribution < -0.4 is 33.0 Å². The molecule has 5 N–H and O–H groups in total. The molecule has 10 heteroatoms. The van der Waals surface area contributed by atoms with E-state index in [9.17, 15) is 9.13 Å². The summed E-state index contributed by atoms with van der Waals surface area (Å²) < 4.78 is 29.8. The van der Waals surface area contributed by atoms with Gasteiger partial charge in [-0.1, -0.05) is 97.1 Å². The number of hydrogen-bond donors (Lipinski definition) is 3. The Bertz CT molecular complexity index is 1100. The van der Waals surface area contributed by atoms with Crippen molar-refractivity contribution in [2.24, 2.45) is 11.8 Å². The quantitative estimate of drug-likeness (QED) is 0.250. The lowest BCUT2D eigenvalue weighted by molar-refractivity contribution is 0.311. The first-order valence-electron chi connectivity index (χ1n) is 9.75. The fourth-order valence-electron chi connectivity index (χ4n) is 2.91. The zero-order valence-corrected chi connectivity index (χ0v) is 21.4. The Kier molecular flexibility index (Phi) is 13.1. The fourth-order valence-corrected chi connectivity index (χ4v) is 6.66. The smallest absolute Gasteiger partial charge is 0.277 e. The van der Waals surface area contributed by atoms with Crippen molar-refractivity contribution in [3.8, 4) is 0 Å². The molecule has 0 saturated carbocycles. The largest absolute Gasteiger partial charge is 0.320 e. The van der Waals surface area contributed by atoms with E-state index in [0.717, 1.165) is 0 Å². The summed E-state index contributed by atoms with van der Waals surface area (Å²) in [7, 11) is -3.13. The monoisotopic (exact) mass is 538 g/mol. The molecule has 4 aromatic carbocycles. The lowest BCUT2D eigenvalue weighted by Gasteiger charge is -2.15. The van der Waals surface area contributed by atoms with Gasteiger partial charge in [0, 0.05) is 21.2 Å². The van der Waals surface area contributed by atoms with E-state index in [1.165, 1.54) is 0 Å². The van der Waals surface area contributed by atoms with Gasteiger partial charge >= 0.3 is 0 Å². The van der Waals surface area contributed by atoms with Gasteiger partial charge in [-0.2, -0.15) is 0 Å². The minimum absolute atomic E-state index is 0. The topological polar surface area (TPSA) is 116 Å². The molecule has 180 valence electrons. The molecule has 6 nitrogen and oxygen atoms in total. The summed E-state index contributed by atoms with van der Waals surface area (Å²) in [5.41, 5.74) is 0. The Morgan fingerprint density at radius 2 is 0.794 bits per heavy atom. The molecule has 4 aromatic rings. The van der Waals surface area contributed by atoms with Gasteiger partial charge in [-0.3, -0.25) is 9.13 Å². The molecule has 0 unspecified atom stereocenters. The number of rotatable bonds is 5. The van der Waals surface area contributed by atoms with Crippen molar-refractivity contribution in [2.75, 3.05) is 0 Å². The SMILES string of the molecule is Cl.NO.NOP(=O)(c1ccccc1)c1ccccc1.O=P(Cl)(c1ccccc1)c1ccccc1. The zero-order valence-electron chi connectivity index (χ0n) is 18.1. The maximum Gasteiger partial charge on any atom is 0.277 e. The van der Waals surface area contributed by atoms with Crippen LogP contribution in [0, 0.1) is 0 Å². The predicted octanol–water partition coefficient (Wildman–Crippen LogP) is 4.72. The maximum atomic E-state index is 12.6. The van der Waals surface area contributed by atoms with E-state index < -0.39 is 13.9 Å². The third-order valence-electron chi connectivity index (χ3n) is 4.52. The average Bonchev–Trinajstić information content (AvgIpc) is 2.92. The van der Waals surface area contributed by atoms with Crippen LogP contribution >= 0.6 is 37.5 Å². The Morgan fingerprint density at radius 1 is 0.559 bits per heavy atom. The lowest BCUT2D eigenvalue weighted by atomic mass is 10.4. The van der Waals surface area contributed by atoms with Crippen LogP contribution in [-0.4, -0.2) is 5.21 Å². The molecule has 0 heterocycles. The van der Waals surface area contributed by atoms with Crippen LogP contribution in [-0.2, 0) is 13.8 Å². The molecule has 0 fully saturated rings. The highest BCUT2D eigenvalue weighted by molar-refractivity contribution is 8.00. The number of nitrogens with two attached hydrogens (primary N) is 2. The summed E-state index contributed by atoms with van der Waals surface area (Å²) in [5.74, 6) is 8.71. The van der Waals surface area contributed by atoms with Crippen LogP contribution in [0.4, 0.5) is 0 Å². The normalized spacial score (nSPS) is 10.5. The van der Waals surface area contributed by atoms with Gasteiger partial charge in [-0.15, -0.1) is 12.4 Å². The molecular weight excluding hydrogens is 513 g/mol. The van der Waals surface area contributed by atoms with Crippen LogP contribution in [0.3, 0.4) is 0 Å². The van der Waals surface area contributed by atoms with E-state index in [4.69, 9.17) is 27.0 Å². The van der Waals surface area contributed by atoms with Crippen molar-refractivity contribution in [2.45, 2.75) is 0 Å². The molecule has 0 radical (unpaired) electrons. The number of benzene rings is 4. The van der Waals surface area contributed by atoms with Crippen LogP contribution in [0.15, 0.2) is 121 Å². The minimum atomic E-state index is -3.13. The first-order chi connectivity index (χ1) is 16.0. The zero-order chi connectivity index (χ0) is 24.2. The second kappa shape index (κ2) is 14.9. The number of halogens is 2. The molecule has 0 aliphatic heterocycles. The highest BCUT2D eigenvalue weighted by Gasteiger charge is 2.27. The van der Waals surface area contributed by atoms with Gasteiger partial charge in [-0.05, 0) is 35.5 Å². The standard InChI is InChI=1S/C12H10ClOP.C12H12NO2P.ClH.H3NO/c13-15(14,11-7-3-1-4-8-11)12-9-5-2-6-10-12;13-15-16(14,11-7-3-1-4-8-11)12-9-5-2-6-10-12;;1-2/h1-10H;1-10H,13H2;1H;2H,1H2. The molecule has 0 bridgehead atoms. The third kappa shape index (κ3) is 7.64. The third-order valence-corrected chi connectivity index (χ3v) is 9.87. The first kappa shape index (κ1) is 29.8. The Morgan fingerprint density at radius 3 is 1.03 bits per heavy atom. The van der Waals surface area contributed by atoms with Gasteiger partial charge in [0.1, 0.15) is 0 Å². The van der Waals surface area contributed by atoms with Crippen LogP contribution in [0.25, 0.3) is 0 Å². The van der Waals surface area contributed by atoms with Crippen molar-refractivity contribution in [3.05, 3.63) is 121 Å². The highest BCUT2D eigenvalue weighted by Crippen LogP contribution is 2.48. The second-order valence-corrected chi connectivity index (χ2v) is 12.4. The summed E-state index contributed by atoms with van der Waals surface area (Å²) >= 11 is 6.14. The summed E-state index contributed by atoms with van der Waals surface area (Å²) in [4.78, 5) is 0. The molecule has 0 saturated heterocycles. The van der Waals surface area contributed by atoms with E-state index in [1.54, 1.807) is 48.5 Å². The fraction of sp³-hybridized carbons (Fsp3) is 0. The van der Waals surface area contributed by atoms with Crippen molar-refractivity contribution in [1.29, 1.82) is 0 Å². The summed E-state index contributed by atoms with van der Waals surface area (Å²) in [6.07, 6.45) is 0. The van der Waals surface area contributed by atoms with Gasteiger partial charge in [0.2, 0.25) is 6.49 Å². The van der Waals surface area contributed by atoms with E-state index in [0.29, 0.717) is 21.2 Å². The second-order valence-electron chi connectivity index (χ2n) is 6.53. The molecular formula is C24H26Cl2N2O4P2. The maximum absolute atomic E-state index is 12.6. The summed E-state index contributed by atoms with van der Waals surface area (Å²) in [6, 6.07) is 36.2. The molecule has 0 atom stereocenters. The number of hydrogen-bond acceptors (Lipinski definition) is 6. The van der Waals surface area contributed by atoms with Crippen molar-refractivity contribution in [3.63, 3.8) is 0 Å². The van der Waals surface area contributed by atoms with Crippen molar-refractivity contribution < 1.29 is 19.0 Å². The molecule has 0 amide bonds. The average molecular weight is 539 g/mol. The van der Waals surface area contributed by atoms with Crippen molar-refractivity contribution in [1.82, 2.24) is 0 Å². The molecule has 0 aromatic heterocycles. The highest BCUT2D eigenvalue weighted by atomic mass is 35.7. The van der Waals surface area contributed by atoms with Gasteiger partial charge < -0.3 is 5.21 Å². The van der Waals surface area contributed by atoms with E-state index in [-0.39, 0.29) is 12.4 Å². The van der Waals surface area contributed by atoms with Gasteiger partial charge in [0.05, 0.1) is 0 Å². The van der Waals surface area contributed by atoms with Gasteiger partial charge in [0.25, 0.3) is 7.37 Å². The van der Waals surface area contributed by atoms with Gasteiger partial charge in [0.15, 0.2) is 0 Å². The molecule has 34 heavy (non-hydrogen) atoms. The van der Waals surface area contributed by atoms with Gasteiger partial charge in [-0.25, -0.2) is 16.4 Å². The summed E-state index contributed by atoms with van der Waals surface area (Å²) in [5, 5.41) is 9.06. The molecule has 0 spiro atoms. The lowest BCUT2D eigenvalue weighted by Crippen LogP contribution is -2.20. The van der Waals surface area contributed by atoms with Crippen LogP contribution in [0.2, 0.25) is 0 Å². The molecule has 0 aliphatic carbocycles. The Balaban J connectivity index is 0.000000309. The van der Waals surface area contributed by atoms with Crippen LogP contribution in [0.5, 0.6) is 0 Å². The Hall–Kier alpha value is -2.24. The first-order valence-corrected chi connectivity index (χ1v) is 14.0.